The van der Waals surface area contributed by atoms with Crippen molar-refractivity contribution < 1.29 is 9.18 Å². The lowest BCUT2D eigenvalue weighted by Gasteiger charge is -2.29. The number of piperazine rings is 1. The molecule has 17 heavy (non-hydrogen) atoms. The summed E-state index contributed by atoms with van der Waals surface area (Å²) in [5, 5.41) is 3.15. The van der Waals surface area contributed by atoms with Gasteiger partial charge in [0.25, 0.3) is 0 Å². The molecule has 0 aliphatic carbocycles. The van der Waals surface area contributed by atoms with Gasteiger partial charge < -0.3 is 16.0 Å². The molecule has 1 atom stereocenters. The molecule has 0 bridgehead atoms. The summed E-state index contributed by atoms with van der Waals surface area (Å²) in [5.41, 5.74) is 6.08. The maximum Gasteiger partial charge on any atom is 0.244 e. The van der Waals surface area contributed by atoms with E-state index in [0.717, 1.165) is 13.1 Å². The normalized spacial score (nSPS) is 17.9. The second-order valence-corrected chi connectivity index (χ2v) is 4.07. The van der Waals surface area contributed by atoms with Crippen molar-refractivity contribution in [2.24, 2.45) is 5.73 Å². The molecule has 1 amide bonds. The molecular formula is C12H16FN3O. The minimum Gasteiger partial charge on any atom is -0.338 e. The molecule has 2 rings (SSSR count). The van der Waals surface area contributed by atoms with E-state index in [1.54, 1.807) is 23.1 Å². The minimum absolute atomic E-state index is 0.211. The number of nitrogens with zero attached hydrogens (tertiary/aromatic N) is 1. The van der Waals surface area contributed by atoms with E-state index in [4.69, 9.17) is 5.73 Å². The Bertz CT molecular complexity index is 404. The van der Waals surface area contributed by atoms with E-state index in [2.05, 4.69) is 5.32 Å². The first-order valence-electron chi connectivity index (χ1n) is 5.69. The van der Waals surface area contributed by atoms with Crippen molar-refractivity contribution >= 4 is 5.91 Å². The smallest absolute Gasteiger partial charge is 0.244 e. The Hall–Kier alpha value is -1.46. The Morgan fingerprint density at radius 3 is 2.65 bits per heavy atom. The van der Waals surface area contributed by atoms with Crippen molar-refractivity contribution in [2.45, 2.75) is 6.04 Å². The van der Waals surface area contributed by atoms with Crippen LogP contribution in [0, 0.1) is 5.82 Å². The molecule has 1 aliphatic rings. The van der Waals surface area contributed by atoms with Gasteiger partial charge in [0, 0.05) is 31.7 Å². The van der Waals surface area contributed by atoms with Crippen LogP contribution >= 0.6 is 0 Å². The molecule has 1 aromatic rings. The number of hydrogen-bond donors (Lipinski definition) is 2. The van der Waals surface area contributed by atoms with E-state index in [1.807, 2.05) is 0 Å². The number of halogens is 1. The summed E-state index contributed by atoms with van der Waals surface area (Å²) >= 11 is 0. The van der Waals surface area contributed by atoms with E-state index in [0.29, 0.717) is 13.1 Å². The van der Waals surface area contributed by atoms with E-state index < -0.39 is 11.9 Å². The number of carbonyl (C=O) groups excluding carboxylic acids is 1. The van der Waals surface area contributed by atoms with E-state index >= 15 is 0 Å². The standard InChI is InChI=1S/C12H16FN3O/c13-10-4-2-1-3-9(10)11(14)12(17)16-7-5-15-6-8-16/h1-4,11,15H,5-8,14H2. The molecule has 1 heterocycles. The molecule has 0 spiro atoms. The molecule has 1 saturated heterocycles. The lowest BCUT2D eigenvalue weighted by molar-refractivity contribution is -0.133. The molecule has 1 aromatic carbocycles. The first-order chi connectivity index (χ1) is 8.20. The maximum atomic E-state index is 13.5. The number of hydrogen-bond acceptors (Lipinski definition) is 3. The molecule has 1 unspecified atom stereocenters. The van der Waals surface area contributed by atoms with Crippen LogP contribution in [0.1, 0.15) is 11.6 Å². The van der Waals surface area contributed by atoms with E-state index in [1.165, 1.54) is 6.07 Å². The lowest BCUT2D eigenvalue weighted by atomic mass is 10.1. The average Bonchev–Trinajstić information content (AvgIpc) is 2.39. The summed E-state index contributed by atoms with van der Waals surface area (Å²) in [7, 11) is 0. The van der Waals surface area contributed by atoms with Crippen LogP contribution in [-0.2, 0) is 4.79 Å². The molecule has 5 heteroatoms. The number of rotatable bonds is 2. The zero-order valence-electron chi connectivity index (χ0n) is 9.53. The van der Waals surface area contributed by atoms with Crippen LogP contribution in [0.3, 0.4) is 0 Å². The largest absolute Gasteiger partial charge is 0.338 e. The van der Waals surface area contributed by atoms with Crippen LogP contribution in [-0.4, -0.2) is 37.0 Å². The second-order valence-electron chi connectivity index (χ2n) is 4.07. The predicted octanol–water partition coefficient (Wildman–Crippen LogP) is 0.257. The minimum atomic E-state index is -0.908. The highest BCUT2D eigenvalue weighted by Crippen LogP contribution is 2.17. The van der Waals surface area contributed by atoms with Gasteiger partial charge in [0.1, 0.15) is 11.9 Å². The molecule has 0 radical (unpaired) electrons. The molecule has 1 aliphatic heterocycles. The van der Waals surface area contributed by atoms with Gasteiger partial charge in [-0.05, 0) is 6.07 Å². The van der Waals surface area contributed by atoms with Crippen LogP contribution < -0.4 is 11.1 Å². The SMILES string of the molecule is NC(C(=O)N1CCNCC1)c1ccccc1F. The van der Waals surface area contributed by atoms with Crippen LogP contribution in [0.4, 0.5) is 4.39 Å². The molecule has 0 saturated carbocycles. The Labute approximate surface area is 99.6 Å². The van der Waals surface area contributed by atoms with Crippen LogP contribution in [0.2, 0.25) is 0 Å². The summed E-state index contributed by atoms with van der Waals surface area (Å²) in [6.45, 7) is 2.77. The number of nitrogens with one attached hydrogen (secondary N) is 1. The van der Waals surface area contributed by atoms with Crippen molar-refractivity contribution in [3.63, 3.8) is 0 Å². The van der Waals surface area contributed by atoms with Gasteiger partial charge >= 0.3 is 0 Å². The fourth-order valence-corrected chi connectivity index (χ4v) is 1.94. The highest BCUT2D eigenvalue weighted by molar-refractivity contribution is 5.83. The Morgan fingerprint density at radius 1 is 1.35 bits per heavy atom. The molecule has 92 valence electrons. The summed E-state index contributed by atoms with van der Waals surface area (Å²) in [6.07, 6.45) is 0. The first-order valence-corrected chi connectivity index (χ1v) is 5.69. The van der Waals surface area contributed by atoms with Crippen molar-refractivity contribution in [1.29, 1.82) is 0 Å². The molecule has 0 aromatic heterocycles. The molecule has 3 N–H and O–H groups in total. The van der Waals surface area contributed by atoms with Gasteiger partial charge in [-0.25, -0.2) is 4.39 Å². The lowest BCUT2D eigenvalue weighted by Crippen LogP contribution is -2.49. The summed E-state index contributed by atoms with van der Waals surface area (Å²) in [6, 6.07) is 5.24. The van der Waals surface area contributed by atoms with Gasteiger partial charge in [-0.1, -0.05) is 18.2 Å². The van der Waals surface area contributed by atoms with Crippen molar-refractivity contribution in [1.82, 2.24) is 10.2 Å². The van der Waals surface area contributed by atoms with Crippen molar-refractivity contribution in [3.8, 4) is 0 Å². The topological polar surface area (TPSA) is 58.4 Å². The average molecular weight is 237 g/mol. The van der Waals surface area contributed by atoms with Gasteiger partial charge in [-0.2, -0.15) is 0 Å². The van der Waals surface area contributed by atoms with Crippen molar-refractivity contribution in [2.75, 3.05) is 26.2 Å². The number of nitrogens with two attached hydrogens (primary N) is 1. The zero-order valence-corrected chi connectivity index (χ0v) is 9.53. The number of benzene rings is 1. The fourth-order valence-electron chi connectivity index (χ4n) is 1.94. The van der Waals surface area contributed by atoms with Gasteiger partial charge in [0.05, 0.1) is 0 Å². The van der Waals surface area contributed by atoms with Crippen molar-refractivity contribution in [3.05, 3.63) is 35.6 Å². The van der Waals surface area contributed by atoms with Gasteiger partial charge in [-0.15, -0.1) is 0 Å². The van der Waals surface area contributed by atoms with Crippen LogP contribution in [0.25, 0.3) is 0 Å². The first kappa shape index (κ1) is 12.0. The molecule has 4 nitrogen and oxygen atoms in total. The van der Waals surface area contributed by atoms with E-state index in [-0.39, 0.29) is 11.5 Å². The van der Waals surface area contributed by atoms with Gasteiger partial charge in [0.15, 0.2) is 0 Å². The number of carbonyl (C=O) groups is 1. The highest BCUT2D eigenvalue weighted by atomic mass is 19.1. The maximum absolute atomic E-state index is 13.5. The van der Waals surface area contributed by atoms with Gasteiger partial charge in [-0.3, -0.25) is 4.79 Å². The molecular weight excluding hydrogens is 221 g/mol. The quantitative estimate of drug-likeness (QED) is 0.775. The zero-order chi connectivity index (χ0) is 12.3. The predicted molar refractivity (Wildman–Crippen MR) is 62.8 cm³/mol. The third-order valence-corrected chi connectivity index (χ3v) is 2.94. The monoisotopic (exact) mass is 237 g/mol. The van der Waals surface area contributed by atoms with E-state index in [9.17, 15) is 9.18 Å². The molecule has 1 fully saturated rings. The Balaban J connectivity index is 2.11. The highest BCUT2D eigenvalue weighted by Gasteiger charge is 2.25. The fraction of sp³-hybridized carbons (Fsp3) is 0.417. The summed E-state index contributed by atoms with van der Waals surface area (Å²) in [4.78, 5) is 13.7. The summed E-state index contributed by atoms with van der Waals surface area (Å²) < 4.78 is 13.5. The Morgan fingerprint density at radius 2 is 2.00 bits per heavy atom. The third-order valence-electron chi connectivity index (χ3n) is 2.94. The van der Waals surface area contributed by atoms with Crippen LogP contribution in [0.15, 0.2) is 24.3 Å². The van der Waals surface area contributed by atoms with Gasteiger partial charge in [0.2, 0.25) is 5.91 Å². The van der Waals surface area contributed by atoms with Crippen LogP contribution in [0.5, 0.6) is 0 Å². The summed E-state index contributed by atoms with van der Waals surface area (Å²) in [5.74, 6) is -0.639. The second kappa shape index (κ2) is 5.25. The number of amides is 1. The third kappa shape index (κ3) is 2.62. The Kier molecular flexibility index (Phi) is 3.71.